The quantitative estimate of drug-likeness (QED) is 0.765. The number of hydrogen-bond donors (Lipinski definition) is 2. The van der Waals surface area contributed by atoms with Crippen LogP contribution in [0, 0.1) is 5.41 Å². The van der Waals surface area contributed by atoms with Gasteiger partial charge in [-0.1, -0.05) is 20.8 Å². The molecule has 1 aliphatic carbocycles. The van der Waals surface area contributed by atoms with Crippen LogP contribution in [0.3, 0.4) is 0 Å². The van der Waals surface area contributed by atoms with E-state index in [9.17, 15) is 4.79 Å². The van der Waals surface area contributed by atoms with Gasteiger partial charge in [-0.15, -0.1) is 0 Å². The first kappa shape index (κ1) is 12.3. The lowest BCUT2D eigenvalue weighted by Gasteiger charge is -2.06. The third kappa shape index (κ3) is 2.94. The Labute approximate surface area is 102 Å². The minimum atomic E-state index is -0.0361. The van der Waals surface area contributed by atoms with Crippen LogP contribution in [0.15, 0.2) is 10.9 Å². The highest BCUT2D eigenvalue weighted by Gasteiger charge is 2.48. The summed E-state index contributed by atoms with van der Waals surface area (Å²) in [5.41, 5.74) is 1.11. The Morgan fingerprint density at radius 2 is 2.29 bits per heavy atom. The number of nitrogens with one attached hydrogen (secondary N) is 2. The number of aromatic amines is 1. The Morgan fingerprint density at radius 1 is 1.59 bits per heavy atom. The molecular formula is C13H21N3O. The molecule has 1 aromatic heterocycles. The van der Waals surface area contributed by atoms with Gasteiger partial charge in [0.25, 0.3) is 5.56 Å². The van der Waals surface area contributed by atoms with E-state index in [1.165, 1.54) is 0 Å². The SMILES string of the molecule is CCCNCc1cc(=O)[nH]c(C2CC2(C)C)n1. The van der Waals surface area contributed by atoms with Gasteiger partial charge >= 0.3 is 0 Å². The normalized spacial score (nSPS) is 21.5. The Morgan fingerprint density at radius 3 is 2.88 bits per heavy atom. The zero-order valence-corrected chi connectivity index (χ0v) is 10.8. The van der Waals surface area contributed by atoms with Crippen LogP contribution in [0.4, 0.5) is 0 Å². The van der Waals surface area contributed by atoms with Crippen LogP contribution in [0.2, 0.25) is 0 Å². The van der Waals surface area contributed by atoms with E-state index in [0.717, 1.165) is 30.9 Å². The van der Waals surface area contributed by atoms with Crippen molar-refractivity contribution in [2.24, 2.45) is 5.41 Å². The van der Waals surface area contributed by atoms with Gasteiger partial charge in [0, 0.05) is 18.5 Å². The predicted octanol–water partition coefficient (Wildman–Crippen LogP) is 1.78. The van der Waals surface area contributed by atoms with Gasteiger partial charge in [0.2, 0.25) is 0 Å². The third-order valence-corrected chi connectivity index (χ3v) is 3.39. The zero-order chi connectivity index (χ0) is 12.5. The van der Waals surface area contributed by atoms with Gasteiger partial charge in [-0.05, 0) is 24.8 Å². The van der Waals surface area contributed by atoms with Crippen molar-refractivity contribution < 1.29 is 0 Å². The van der Waals surface area contributed by atoms with Gasteiger partial charge in [-0.3, -0.25) is 4.79 Å². The summed E-state index contributed by atoms with van der Waals surface area (Å²) in [7, 11) is 0. The van der Waals surface area contributed by atoms with E-state index >= 15 is 0 Å². The molecule has 0 saturated heterocycles. The maximum absolute atomic E-state index is 11.6. The highest BCUT2D eigenvalue weighted by molar-refractivity contribution is 5.17. The van der Waals surface area contributed by atoms with Crippen LogP contribution in [-0.4, -0.2) is 16.5 Å². The molecule has 0 bridgehead atoms. The van der Waals surface area contributed by atoms with Gasteiger partial charge in [0.1, 0.15) is 5.82 Å². The molecule has 1 saturated carbocycles. The summed E-state index contributed by atoms with van der Waals surface area (Å²) in [6.07, 6.45) is 2.20. The fourth-order valence-corrected chi connectivity index (χ4v) is 2.11. The molecule has 1 atom stereocenters. The summed E-state index contributed by atoms with van der Waals surface area (Å²) in [5.74, 6) is 1.28. The number of rotatable bonds is 5. The minimum absolute atomic E-state index is 0.0361. The number of nitrogens with zero attached hydrogens (tertiary/aromatic N) is 1. The Kier molecular flexibility index (Phi) is 3.33. The van der Waals surface area contributed by atoms with E-state index in [-0.39, 0.29) is 5.56 Å². The van der Waals surface area contributed by atoms with E-state index in [1.54, 1.807) is 6.07 Å². The minimum Gasteiger partial charge on any atom is -0.311 e. The molecule has 1 fully saturated rings. The number of hydrogen-bond acceptors (Lipinski definition) is 3. The standard InChI is InChI=1S/C13H21N3O/c1-4-5-14-8-9-6-11(17)16-12(15-9)10-7-13(10,2)3/h6,10,14H,4-5,7-8H2,1-3H3,(H,15,16,17). The molecule has 1 unspecified atom stereocenters. The molecule has 0 aliphatic heterocycles. The molecule has 0 amide bonds. The van der Waals surface area contributed by atoms with E-state index in [0.29, 0.717) is 17.9 Å². The molecular weight excluding hydrogens is 214 g/mol. The first-order chi connectivity index (χ1) is 8.03. The second kappa shape index (κ2) is 4.61. The van der Waals surface area contributed by atoms with Gasteiger partial charge in [-0.2, -0.15) is 0 Å². The van der Waals surface area contributed by atoms with Gasteiger partial charge in [0.15, 0.2) is 0 Å². The molecule has 17 heavy (non-hydrogen) atoms. The second-order valence-electron chi connectivity index (χ2n) is 5.54. The fourth-order valence-electron chi connectivity index (χ4n) is 2.11. The van der Waals surface area contributed by atoms with Gasteiger partial charge < -0.3 is 10.3 Å². The van der Waals surface area contributed by atoms with Crippen molar-refractivity contribution in [2.45, 2.75) is 46.1 Å². The molecule has 2 rings (SSSR count). The average Bonchev–Trinajstić information content (AvgIpc) is 2.87. The number of aromatic nitrogens is 2. The van der Waals surface area contributed by atoms with Crippen molar-refractivity contribution in [3.63, 3.8) is 0 Å². The van der Waals surface area contributed by atoms with Crippen molar-refractivity contribution in [1.82, 2.24) is 15.3 Å². The monoisotopic (exact) mass is 235 g/mol. The maximum Gasteiger partial charge on any atom is 0.251 e. The van der Waals surface area contributed by atoms with Crippen LogP contribution in [0.25, 0.3) is 0 Å². The molecule has 0 aromatic carbocycles. The largest absolute Gasteiger partial charge is 0.311 e. The van der Waals surface area contributed by atoms with Crippen LogP contribution in [0.1, 0.15) is 51.0 Å². The molecule has 1 aliphatic rings. The molecule has 94 valence electrons. The second-order valence-corrected chi connectivity index (χ2v) is 5.54. The van der Waals surface area contributed by atoms with Crippen LogP contribution in [0.5, 0.6) is 0 Å². The third-order valence-electron chi connectivity index (χ3n) is 3.39. The summed E-state index contributed by atoms with van der Waals surface area (Å²) in [6.45, 7) is 8.17. The smallest absolute Gasteiger partial charge is 0.251 e. The van der Waals surface area contributed by atoms with Crippen molar-refractivity contribution in [3.05, 3.63) is 27.9 Å². The highest BCUT2D eigenvalue weighted by atomic mass is 16.1. The number of H-pyrrole nitrogens is 1. The lowest BCUT2D eigenvalue weighted by atomic mass is 10.1. The summed E-state index contributed by atoms with van der Waals surface area (Å²) >= 11 is 0. The summed E-state index contributed by atoms with van der Waals surface area (Å²) in [5, 5.41) is 3.27. The first-order valence-corrected chi connectivity index (χ1v) is 6.34. The summed E-state index contributed by atoms with van der Waals surface area (Å²) in [6, 6.07) is 1.58. The Hall–Kier alpha value is -1.16. The van der Waals surface area contributed by atoms with Gasteiger partial charge in [-0.25, -0.2) is 4.98 Å². The van der Waals surface area contributed by atoms with Gasteiger partial charge in [0.05, 0.1) is 5.69 Å². The van der Waals surface area contributed by atoms with E-state index in [4.69, 9.17) is 0 Å². The Balaban J connectivity index is 2.10. The molecule has 0 spiro atoms. The van der Waals surface area contributed by atoms with E-state index in [1.807, 2.05) is 0 Å². The van der Waals surface area contributed by atoms with E-state index < -0.39 is 0 Å². The zero-order valence-electron chi connectivity index (χ0n) is 10.8. The van der Waals surface area contributed by atoms with E-state index in [2.05, 4.69) is 36.1 Å². The topological polar surface area (TPSA) is 57.8 Å². The van der Waals surface area contributed by atoms with Crippen LogP contribution < -0.4 is 10.9 Å². The lowest BCUT2D eigenvalue weighted by Crippen LogP contribution is -2.19. The molecule has 4 nitrogen and oxygen atoms in total. The Bertz CT molecular complexity index is 450. The average molecular weight is 235 g/mol. The van der Waals surface area contributed by atoms with Crippen molar-refractivity contribution in [3.8, 4) is 0 Å². The maximum atomic E-state index is 11.6. The summed E-state index contributed by atoms with van der Waals surface area (Å²) < 4.78 is 0. The van der Waals surface area contributed by atoms with Crippen LogP contribution in [-0.2, 0) is 6.54 Å². The van der Waals surface area contributed by atoms with Crippen LogP contribution >= 0.6 is 0 Å². The molecule has 1 heterocycles. The lowest BCUT2D eigenvalue weighted by molar-refractivity contribution is 0.601. The van der Waals surface area contributed by atoms with Crippen molar-refractivity contribution >= 4 is 0 Å². The molecule has 1 aromatic rings. The van der Waals surface area contributed by atoms with Crippen molar-refractivity contribution in [1.29, 1.82) is 0 Å². The molecule has 4 heteroatoms. The summed E-state index contributed by atoms with van der Waals surface area (Å²) in [4.78, 5) is 19.0. The highest BCUT2D eigenvalue weighted by Crippen LogP contribution is 2.57. The molecule has 0 radical (unpaired) electrons. The molecule has 2 N–H and O–H groups in total. The first-order valence-electron chi connectivity index (χ1n) is 6.34. The fraction of sp³-hybridized carbons (Fsp3) is 0.692. The predicted molar refractivity (Wildman–Crippen MR) is 68.0 cm³/mol. The van der Waals surface area contributed by atoms with Crippen molar-refractivity contribution in [2.75, 3.05) is 6.54 Å².